The van der Waals surface area contributed by atoms with Crippen LogP contribution in [0.3, 0.4) is 0 Å². The molecule has 0 aliphatic heterocycles. The first-order valence-electron chi connectivity index (χ1n) is 6.87. The Bertz CT molecular complexity index is 809. The minimum atomic E-state index is -0.298. The second kappa shape index (κ2) is 5.77. The molecule has 3 aromatic rings. The SMILES string of the molecule is Cc1ccc(-c2ncc(C(=O)c3ccccc3O)cn2)cc1. The van der Waals surface area contributed by atoms with E-state index in [4.69, 9.17) is 0 Å². The molecule has 0 saturated heterocycles. The third-order valence-corrected chi connectivity index (χ3v) is 3.37. The van der Waals surface area contributed by atoms with Crippen LogP contribution in [0.5, 0.6) is 5.75 Å². The molecule has 108 valence electrons. The number of aryl methyl sites for hydroxylation is 1. The van der Waals surface area contributed by atoms with E-state index in [0.29, 0.717) is 11.4 Å². The zero-order chi connectivity index (χ0) is 15.5. The second-order valence-corrected chi connectivity index (χ2v) is 5.01. The van der Waals surface area contributed by atoms with Crippen molar-refractivity contribution in [1.82, 2.24) is 9.97 Å². The lowest BCUT2D eigenvalue weighted by molar-refractivity contribution is 0.103. The van der Waals surface area contributed by atoms with Crippen molar-refractivity contribution < 1.29 is 9.90 Å². The first-order valence-corrected chi connectivity index (χ1v) is 6.87. The highest BCUT2D eigenvalue weighted by molar-refractivity contribution is 6.10. The highest BCUT2D eigenvalue weighted by Crippen LogP contribution is 2.20. The Kier molecular flexibility index (Phi) is 3.66. The van der Waals surface area contributed by atoms with E-state index in [1.165, 1.54) is 18.5 Å². The maximum Gasteiger partial charge on any atom is 0.199 e. The minimum Gasteiger partial charge on any atom is -0.507 e. The highest BCUT2D eigenvalue weighted by atomic mass is 16.3. The van der Waals surface area contributed by atoms with Crippen LogP contribution in [0.2, 0.25) is 0 Å². The average molecular weight is 290 g/mol. The molecule has 22 heavy (non-hydrogen) atoms. The van der Waals surface area contributed by atoms with Gasteiger partial charge >= 0.3 is 0 Å². The van der Waals surface area contributed by atoms with Crippen LogP contribution in [0.15, 0.2) is 60.9 Å². The molecule has 0 saturated carbocycles. The Hall–Kier alpha value is -3.01. The summed E-state index contributed by atoms with van der Waals surface area (Å²) in [5.74, 6) is 0.220. The molecule has 0 unspecified atom stereocenters. The van der Waals surface area contributed by atoms with Crippen LogP contribution >= 0.6 is 0 Å². The number of benzene rings is 2. The maximum atomic E-state index is 12.3. The van der Waals surface area contributed by atoms with Gasteiger partial charge in [-0.1, -0.05) is 42.0 Å². The van der Waals surface area contributed by atoms with Gasteiger partial charge < -0.3 is 5.11 Å². The maximum absolute atomic E-state index is 12.3. The number of para-hydroxylation sites is 1. The Morgan fingerprint density at radius 1 is 0.955 bits per heavy atom. The fraction of sp³-hybridized carbons (Fsp3) is 0.0556. The van der Waals surface area contributed by atoms with Crippen LogP contribution in [0.25, 0.3) is 11.4 Å². The summed E-state index contributed by atoms with van der Waals surface area (Å²) in [5.41, 5.74) is 2.65. The molecule has 0 aliphatic carbocycles. The van der Waals surface area contributed by atoms with E-state index in [0.717, 1.165) is 11.1 Å². The van der Waals surface area contributed by atoms with Gasteiger partial charge in [-0.2, -0.15) is 0 Å². The average Bonchev–Trinajstić information content (AvgIpc) is 2.56. The number of aromatic nitrogens is 2. The Labute approximate surface area is 128 Å². The molecule has 4 heteroatoms. The summed E-state index contributed by atoms with van der Waals surface area (Å²) in [4.78, 5) is 20.8. The predicted molar refractivity (Wildman–Crippen MR) is 83.7 cm³/mol. The van der Waals surface area contributed by atoms with E-state index in [-0.39, 0.29) is 17.1 Å². The summed E-state index contributed by atoms with van der Waals surface area (Å²) in [6, 6.07) is 14.3. The first kappa shape index (κ1) is 13.9. The molecule has 0 atom stereocenters. The molecule has 2 aromatic carbocycles. The highest BCUT2D eigenvalue weighted by Gasteiger charge is 2.14. The number of carbonyl (C=O) groups is 1. The van der Waals surface area contributed by atoms with Crippen molar-refractivity contribution in [3.05, 3.63) is 77.6 Å². The van der Waals surface area contributed by atoms with Crippen LogP contribution in [0.4, 0.5) is 0 Å². The van der Waals surface area contributed by atoms with Gasteiger partial charge in [0.2, 0.25) is 0 Å². The van der Waals surface area contributed by atoms with Crippen molar-refractivity contribution in [3.8, 4) is 17.1 Å². The van der Waals surface area contributed by atoms with E-state index in [9.17, 15) is 9.90 Å². The molecule has 1 aromatic heterocycles. The van der Waals surface area contributed by atoms with E-state index in [1.54, 1.807) is 18.2 Å². The summed E-state index contributed by atoms with van der Waals surface area (Å²) in [6.07, 6.45) is 2.97. The summed E-state index contributed by atoms with van der Waals surface area (Å²) >= 11 is 0. The summed E-state index contributed by atoms with van der Waals surface area (Å²) in [6.45, 7) is 2.01. The van der Waals surface area contributed by atoms with E-state index >= 15 is 0 Å². The topological polar surface area (TPSA) is 63.1 Å². The molecule has 0 spiro atoms. The van der Waals surface area contributed by atoms with Gasteiger partial charge in [-0.15, -0.1) is 0 Å². The van der Waals surface area contributed by atoms with Crippen LogP contribution in [-0.2, 0) is 0 Å². The predicted octanol–water partition coefficient (Wildman–Crippen LogP) is 3.39. The summed E-state index contributed by atoms with van der Waals surface area (Å²) in [5, 5.41) is 9.74. The number of hydrogen-bond donors (Lipinski definition) is 1. The van der Waals surface area contributed by atoms with Crippen LogP contribution in [0.1, 0.15) is 21.5 Å². The zero-order valence-electron chi connectivity index (χ0n) is 12.0. The number of phenolic OH excluding ortho intramolecular Hbond substituents is 1. The molecule has 0 amide bonds. The number of nitrogens with zero attached hydrogens (tertiary/aromatic N) is 2. The third-order valence-electron chi connectivity index (χ3n) is 3.37. The molecule has 0 radical (unpaired) electrons. The molecule has 1 heterocycles. The van der Waals surface area contributed by atoms with Gasteiger partial charge in [0.15, 0.2) is 11.6 Å². The molecular formula is C18H14N2O2. The van der Waals surface area contributed by atoms with Crippen molar-refractivity contribution in [2.45, 2.75) is 6.92 Å². The van der Waals surface area contributed by atoms with Gasteiger partial charge in [0.25, 0.3) is 0 Å². The largest absolute Gasteiger partial charge is 0.507 e. The first-order chi connectivity index (χ1) is 10.6. The van der Waals surface area contributed by atoms with E-state index < -0.39 is 0 Å². The fourth-order valence-corrected chi connectivity index (χ4v) is 2.12. The van der Waals surface area contributed by atoms with Crippen LogP contribution in [0, 0.1) is 6.92 Å². The Morgan fingerprint density at radius 2 is 1.59 bits per heavy atom. The molecular weight excluding hydrogens is 276 g/mol. The third kappa shape index (κ3) is 2.72. The lowest BCUT2D eigenvalue weighted by atomic mass is 10.1. The lowest BCUT2D eigenvalue weighted by Gasteiger charge is -2.04. The number of aromatic hydroxyl groups is 1. The van der Waals surface area contributed by atoms with Crippen molar-refractivity contribution >= 4 is 5.78 Å². The van der Waals surface area contributed by atoms with Crippen LogP contribution < -0.4 is 0 Å². The van der Waals surface area contributed by atoms with Crippen molar-refractivity contribution in [3.63, 3.8) is 0 Å². The molecule has 0 aliphatic rings. The summed E-state index contributed by atoms with van der Waals surface area (Å²) < 4.78 is 0. The van der Waals surface area contributed by atoms with Crippen molar-refractivity contribution in [1.29, 1.82) is 0 Å². The standard InChI is InChI=1S/C18H14N2O2/c1-12-6-8-13(9-7-12)18-19-10-14(11-20-18)17(22)15-4-2-3-5-16(15)21/h2-11,21H,1H3. The number of ketones is 1. The molecule has 4 nitrogen and oxygen atoms in total. The van der Waals surface area contributed by atoms with Gasteiger partial charge in [-0.05, 0) is 19.1 Å². The number of hydrogen-bond acceptors (Lipinski definition) is 4. The Balaban J connectivity index is 1.90. The number of rotatable bonds is 3. The van der Waals surface area contributed by atoms with Gasteiger partial charge in [0.1, 0.15) is 5.75 Å². The van der Waals surface area contributed by atoms with E-state index in [2.05, 4.69) is 9.97 Å². The lowest BCUT2D eigenvalue weighted by Crippen LogP contribution is -2.03. The molecule has 3 rings (SSSR count). The van der Waals surface area contributed by atoms with Crippen molar-refractivity contribution in [2.24, 2.45) is 0 Å². The van der Waals surface area contributed by atoms with E-state index in [1.807, 2.05) is 31.2 Å². The molecule has 1 N–H and O–H groups in total. The van der Waals surface area contributed by atoms with Gasteiger partial charge in [-0.25, -0.2) is 9.97 Å². The van der Waals surface area contributed by atoms with Crippen molar-refractivity contribution in [2.75, 3.05) is 0 Å². The second-order valence-electron chi connectivity index (χ2n) is 5.01. The molecule has 0 fully saturated rings. The smallest absolute Gasteiger partial charge is 0.199 e. The van der Waals surface area contributed by atoms with Crippen LogP contribution in [-0.4, -0.2) is 20.9 Å². The van der Waals surface area contributed by atoms with Gasteiger partial charge in [0, 0.05) is 18.0 Å². The van der Waals surface area contributed by atoms with Gasteiger partial charge in [-0.3, -0.25) is 4.79 Å². The normalized spacial score (nSPS) is 10.4. The Morgan fingerprint density at radius 3 is 2.23 bits per heavy atom. The number of phenols is 1. The summed E-state index contributed by atoms with van der Waals surface area (Å²) in [7, 11) is 0. The van der Waals surface area contributed by atoms with Gasteiger partial charge in [0.05, 0.1) is 11.1 Å². The number of carbonyl (C=O) groups excluding carboxylic acids is 1. The minimum absolute atomic E-state index is 0.0462. The molecule has 0 bridgehead atoms. The fourth-order valence-electron chi connectivity index (χ4n) is 2.12. The zero-order valence-corrected chi connectivity index (χ0v) is 12.0. The monoisotopic (exact) mass is 290 g/mol. The quantitative estimate of drug-likeness (QED) is 0.751.